The normalized spacial score (nSPS) is 19.3. The maximum Gasteiger partial charge on any atom is 0.154 e. The van der Waals surface area contributed by atoms with Crippen LogP contribution in [0.4, 0.5) is 5.82 Å². The van der Waals surface area contributed by atoms with Crippen molar-refractivity contribution in [2.45, 2.75) is 0 Å². The molecule has 1 aliphatic rings. The lowest BCUT2D eigenvalue weighted by Crippen LogP contribution is -2.41. The van der Waals surface area contributed by atoms with Gasteiger partial charge in [0.25, 0.3) is 0 Å². The average Bonchev–Trinajstić information content (AvgIpc) is 2.72. The Balaban J connectivity index is 2.00. The average molecular weight is 286 g/mol. The molecule has 2 aromatic rings. The third-order valence-corrected chi connectivity index (χ3v) is 5.07. The zero-order valence-electron chi connectivity index (χ0n) is 9.58. The molecule has 0 atom stereocenters. The standard InChI is InChI=1S/C11H12ClN3O2S/c12-11-9-2-1-3-10(15(9)8-13-11)14-4-6-18(16,17)7-5-14/h1-3,8H,4-7H2. The summed E-state index contributed by atoms with van der Waals surface area (Å²) in [5.41, 5.74) is 0.836. The fraction of sp³-hybridized carbons (Fsp3) is 0.364. The molecule has 3 rings (SSSR count). The van der Waals surface area contributed by atoms with Crippen LogP contribution in [0, 0.1) is 0 Å². The molecule has 2 aromatic heterocycles. The first kappa shape index (κ1) is 11.8. The van der Waals surface area contributed by atoms with Crippen molar-refractivity contribution in [3.05, 3.63) is 29.7 Å². The Morgan fingerprint density at radius 3 is 2.67 bits per heavy atom. The highest BCUT2D eigenvalue weighted by molar-refractivity contribution is 7.91. The summed E-state index contributed by atoms with van der Waals surface area (Å²) < 4.78 is 24.7. The molecule has 96 valence electrons. The molecule has 0 amide bonds. The van der Waals surface area contributed by atoms with Crippen LogP contribution >= 0.6 is 11.6 Å². The van der Waals surface area contributed by atoms with Crippen molar-refractivity contribution in [3.63, 3.8) is 0 Å². The zero-order valence-corrected chi connectivity index (χ0v) is 11.2. The van der Waals surface area contributed by atoms with Crippen molar-refractivity contribution in [2.24, 2.45) is 0 Å². The Morgan fingerprint density at radius 1 is 1.22 bits per heavy atom. The fourth-order valence-electron chi connectivity index (χ4n) is 2.17. The van der Waals surface area contributed by atoms with E-state index < -0.39 is 9.84 Å². The molecule has 0 spiro atoms. The molecule has 1 aliphatic heterocycles. The van der Waals surface area contributed by atoms with E-state index in [0.717, 1.165) is 11.3 Å². The number of sulfone groups is 1. The summed E-state index contributed by atoms with van der Waals surface area (Å²) in [5.74, 6) is 1.33. The van der Waals surface area contributed by atoms with Gasteiger partial charge in [-0.05, 0) is 12.1 Å². The van der Waals surface area contributed by atoms with E-state index >= 15 is 0 Å². The summed E-state index contributed by atoms with van der Waals surface area (Å²) in [5, 5.41) is 0.460. The smallest absolute Gasteiger partial charge is 0.154 e. The summed E-state index contributed by atoms with van der Waals surface area (Å²) in [6, 6.07) is 5.74. The monoisotopic (exact) mass is 285 g/mol. The molecule has 0 bridgehead atoms. The van der Waals surface area contributed by atoms with Crippen LogP contribution in [0.15, 0.2) is 24.5 Å². The SMILES string of the molecule is O=S1(=O)CCN(c2cccc3c(Cl)ncn23)CC1. The molecular weight excluding hydrogens is 274 g/mol. The Morgan fingerprint density at radius 2 is 1.94 bits per heavy atom. The Labute approximate surface area is 110 Å². The summed E-state index contributed by atoms with van der Waals surface area (Å²) in [6.45, 7) is 1.02. The van der Waals surface area contributed by atoms with Crippen molar-refractivity contribution in [2.75, 3.05) is 29.5 Å². The molecule has 0 aliphatic carbocycles. The summed E-state index contributed by atoms with van der Waals surface area (Å²) in [4.78, 5) is 6.11. The topological polar surface area (TPSA) is 54.7 Å². The van der Waals surface area contributed by atoms with Gasteiger partial charge < -0.3 is 4.90 Å². The van der Waals surface area contributed by atoms with Crippen molar-refractivity contribution >= 4 is 32.8 Å². The van der Waals surface area contributed by atoms with Crippen LogP contribution in [0.25, 0.3) is 5.52 Å². The lowest BCUT2D eigenvalue weighted by atomic mass is 10.3. The van der Waals surface area contributed by atoms with E-state index in [4.69, 9.17) is 11.6 Å². The second-order valence-corrected chi connectivity index (χ2v) is 6.98. The number of pyridine rings is 1. The third-order valence-electron chi connectivity index (χ3n) is 3.17. The first-order valence-corrected chi connectivity index (χ1v) is 7.84. The number of anilines is 1. The van der Waals surface area contributed by atoms with Gasteiger partial charge >= 0.3 is 0 Å². The number of hydrogen-bond donors (Lipinski definition) is 0. The largest absolute Gasteiger partial charge is 0.356 e. The van der Waals surface area contributed by atoms with E-state index in [9.17, 15) is 8.42 Å². The molecule has 0 radical (unpaired) electrons. The molecule has 0 unspecified atom stereocenters. The lowest BCUT2D eigenvalue weighted by Gasteiger charge is -2.29. The number of imidazole rings is 1. The number of aromatic nitrogens is 2. The molecule has 1 saturated heterocycles. The van der Waals surface area contributed by atoms with Gasteiger partial charge in [-0.25, -0.2) is 13.4 Å². The number of hydrogen-bond acceptors (Lipinski definition) is 4. The van der Waals surface area contributed by atoms with Gasteiger partial charge in [-0.1, -0.05) is 17.7 Å². The van der Waals surface area contributed by atoms with Crippen molar-refractivity contribution in [3.8, 4) is 0 Å². The van der Waals surface area contributed by atoms with Crippen LogP contribution in [0.3, 0.4) is 0 Å². The van der Waals surface area contributed by atoms with Crippen LogP contribution in [0.2, 0.25) is 5.15 Å². The van der Waals surface area contributed by atoms with E-state index in [0.29, 0.717) is 18.2 Å². The molecular formula is C11H12ClN3O2S. The molecule has 3 heterocycles. The van der Waals surface area contributed by atoms with Crippen LogP contribution in [0.5, 0.6) is 0 Å². The van der Waals surface area contributed by atoms with Crippen molar-refractivity contribution in [1.82, 2.24) is 9.38 Å². The molecule has 18 heavy (non-hydrogen) atoms. The van der Waals surface area contributed by atoms with Crippen molar-refractivity contribution in [1.29, 1.82) is 0 Å². The van der Waals surface area contributed by atoms with Gasteiger partial charge in [0, 0.05) is 13.1 Å². The van der Waals surface area contributed by atoms with E-state index in [-0.39, 0.29) is 11.5 Å². The van der Waals surface area contributed by atoms with Gasteiger partial charge in [0.1, 0.15) is 12.1 Å². The molecule has 0 N–H and O–H groups in total. The quantitative estimate of drug-likeness (QED) is 0.791. The van der Waals surface area contributed by atoms with E-state index in [1.54, 1.807) is 6.33 Å². The Hall–Kier alpha value is -1.27. The number of nitrogens with zero attached hydrogens (tertiary/aromatic N) is 3. The van der Waals surface area contributed by atoms with Gasteiger partial charge in [-0.3, -0.25) is 4.40 Å². The fourth-order valence-corrected chi connectivity index (χ4v) is 3.57. The van der Waals surface area contributed by atoms with E-state index in [1.165, 1.54) is 0 Å². The second-order valence-electron chi connectivity index (χ2n) is 4.31. The Bertz CT molecular complexity index is 681. The predicted molar refractivity (Wildman–Crippen MR) is 71.1 cm³/mol. The molecule has 7 heteroatoms. The molecule has 5 nitrogen and oxygen atoms in total. The van der Waals surface area contributed by atoms with Gasteiger partial charge in [-0.2, -0.15) is 0 Å². The second kappa shape index (κ2) is 4.13. The predicted octanol–water partition coefficient (Wildman–Crippen LogP) is 1.22. The minimum atomic E-state index is -2.86. The van der Waals surface area contributed by atoms with Crippen LogP contribution in [-0.2, 0) is 9.84 Å². The Kier molecular flexibility index (Phi) is 2.71. The van der Waals surface area contributed by atoms with Crippen LogP contribution in [-0.4, -0.2) is 42.4 Å². The van der Waals surface area contributed by atoms with E-state index in [1.807, 2.05) is 27.5 Å². The third kappa shape index (κ3) is 1.95. The minimum absolute atomic E-state index is 0.200. The summed E-state index contributed by atoms with van der Waals surface area (Å²) >= 11 is 5.98. The summed E-state index contributed by atoms with van der Waals surface area (Å²) in [7, 11) is -2.86. The highest BCUT2D eigenvalue weighted by Gasteiger charge is 2.23. The molecule has 1 fully saturated rings. The number of rotatable bonds is 1. The maximum absolute atomic E-state index is 11.4. The molecule has 0 aromatic carbocycles. The first-order chi connectivity index (χ1) is 8.57. The van der Waals surface area contributed by atoms with Crippen LogP contribution < -0.4 is 4.90 Å². The lowest BCUT2D eigenvalue weighted by molar-refractivity contribution is 0.586. The van der Waals surface area contributed by atoms with Gasteiger partial charge in [-0.15, -0.1) is 0 Å². The van der Waals surface area contributed by atoms with Crippen molar-refractivity contribution < 1.29 is 8.42 Å². The maximum atomic E-state index is 11.4. The first-order valence-electron chi connectivity index (χ1n) is 5.64. The van der Waals surface area contributed by atoms with E-state index in [2.05, 4.69) is 4.98 Å². The summed E-state index contributed by atoms with van der Waals surface area (Å²) in [6.07, 6.45) is 1.66. The highest BCUT2D eigenvalue weighted by Crippen LogP contribution is 2.23. The highest BCUT2D eigenvalue weighted by atomic mass is 35.5. The number of halogens is 1. The molecule has 0 saturated carbocycles. The van der Waals surface area contributed by atoms with Gasteiger partial charge in [0.15, 0.2) is 15.0 Å². The van der Waals surface area contributed by atoms with Crippen LogP contribution in [0.1, 0.15) is 0 Å². The minimum Gasteiger partial charge on any atom is -0.356 e. The van der Waals surface area contributed by atoms with Gasteiger partial charge in [0.05, 0.1) is 17.0 Å². The number of fused-ring (bicyclic) bond motifs is 1. The van der Waals surface area contributed by atoms with Gasteiger partial charge in [0.2, 0.25) is 0 Å². The zero-order chi connectivity index (χ0) is 12.8.